The Labute approximate surface area is 244 Å². The SMILES string of the molecule is CN1C(=O)N(c2cc(Cl)cc(Cl)c2)C(=O)[C@]12CN(C(=O)c1ccc(-n3cncn3)nc1)C[C@H]2c1ccc(C#N)cc1. The number of pyridine rings is 1. The predicted molar refractivity (Wildman–Crippen MR) is 149 cm³/mol. The topological polar surface area (TPSA) is 128 Å². The molecule has 6 rings (SSSR count). The molecule has 41 heavy (non-hydrogen) atoms. The second-order valence-corrected chi connectivity index (χ2v) is 10.6. The molecule has 4 amide bonds. The van der Waals surface area contributed by atoms with E-state index in [1.807, 2.05) is 0 Å². The van der Waals surface area contributed by atoms with Gasteiger partial charge in [-0.05, 0) is 48.0 Å². The fraction of sp³-hybridized carbons (Fsp3) is 0.179. The molecule has 0 bridgehead atoms. The number of hydrogen-bond acceptors (Lipinski definition) is 7. The molecule has 2 fully saturated rings. The van der Waals surface area contributed by atoms with Crippen LogP contribution in [0, 0.1) is 11.3 Å². The molecule has 2 aromatic heterocycles. The van der Waals surface area contributed by atoms with Gasteiger partial charge in [-0.25, -0.2) is 24.3 Å². The van der Waals surface area contributed by atoms with Crippen molar-refractivity contribution < 1.29 is 14.4 Å². The molecular formula is C28H20Cl2N8O3. The van der Waals surface area contributed by atoms with Crippen LogP contribution in [0.1, 0.15) is 27.4 Å². The number of halogens is 2. The number of nitriles is 1. The number of carbonyl (C=O) groups excluding carboxylic acids is 3. The Morgan fingerprint density at radius 1 is 1.07 bits per heavy atom. The third-order valence-electron chi connectivity index (χ3n) is 7.54. The van der Waals surface area contributed by atoms with Crippen LogP contribution in [-0.2, 0) is 4.79 Å². The van der Waals surface area contributed by atoms with Crippen molar-refractivity contribution >= 4 is 46.7 Å². The second-order valence-electron chi connectivity index (χ2n) is 9.75. The molecule has 0 unspecified atom stereocenters. The summed E-state index contributed by atoms with van der Waals surface area (Å²) in [5.41, 5.74) is 0.270. The molecular weight excluding hydrogens is 567 g/mol. The Hall–Kier alpha value is -4.79. The summed E-state index contributed by atoms with van der Waals surface area (Å²) in [6, 6.07) is 16.1. The van der Waals surface area contributed by atoms with Crippen molar-refractivity contribution in [2.45, 2.75) is 11.5 Å². The van der Waals surface area contributed by atoms with E-state index in [2.05, 4.69) is 21.1 Å². The van der Waals surface area contributed by atoms with Gasteiger partial charge in [0.25, 0.3) is 11.8 Å². The molecule has 13 heteroatoms. The third kappa shape index (κ3) is 4.28. The summed E-state index contributed by atoms with van der Waals surface area (Å²) in [4.78, 5) is 53.9. The number of benzene rings is 2. The molecule has 1 spiro atoms. The van der Waals surface area contributed by atoms with E-state index >= 15 is 0 Å². The number of aromatic nitrogens is 4. The maximum absolute atomic E-state index is 14.3. The number of rotatable bonds is 4. The number of urea groups is 1. The quantitative estimate of drug-likeness (QED) is 0.331. The minimum atomic E-state index is -1.43. The Morgan fingerprint density at radius 3 is 2.41 bits per heavy atom. The molecule has 2 saturated heterocycles. The summed E-state index contributed by atoms with van der Waals surface area (Å²) in [7, 11) is 1.55. The van der Waals surface area contributed by atoms with E-state index in [0.717, 1.165) is 4.90 Å². The summed E-state index contributed by atoms with van der Waals surface area (Å²) in [6.45, 7) is 0.0796. The highest BCUT2D eigenvalue weighted by Gasteiger charge is 2.65. The van der Waals surface area contributed by atoms with Crippen LogP contribution in [0.25, 0.3) is 5.82 Å². The van der Waals surface area contributed by atoms with Crippen molar-refractivity contribution in [2.24, 2.45) is 0 Å². The van der Waals surface area contributed by atoms with Crippen LogP contribution in [-0.4, -0.2) is 73.1 Å². The van der Waals surface area contributed by atoms with Gasteiger partial charge in [0.1, 0.15) is 18.2 Å². The van der Waals surface area contributed by atoms with E-state index in [1.54, 1.807) is 48.3 Å². The van der Waals surface area contributed by atoms with Gasteiger partial charge in [-0.3, -0.25) is 9.59 Å². The van der Waals surface area contributed by atoms with Crippen molar-refractivity contribution in [1.82, 2.24) is 29.5 Å². The fourth-order valence-corrected chi connectivity index (χ4v) is 6.03. The number of nitrogens with zero attached hydrogens (tertiary/aromatic N) is 8. The van der Waals surface area contributed by atoms with Crippen molar-refractivity contribution in [3.63, 3.8) is 0 Å². The lowest BCUT2D eigenvalue weighted by Crippen LogP contribution is -2.54. The Kier molecular flexibility index (Phi) is 6.44. The largest absolute Gasteiger partial charge is 0.335 e. The van der Waals surface area contributed by atoms with Crippen LogP contribution in [0.3, 0.4) is 0 Å². The zero-order valence-corrected chi connectivity index (χ0v) is 23.0. The van der Waals surface area contributed by atoms with Crippen LogP contribution in [0.4, 0.5) is 10.5 Å². The Bertz CT molecular complexity index is 1700. The number of carbonyl (C=O) groups is 3. The molecule has 2 aromatic carbocycles. The van der Waals surface area contributed by atoms with Gasteiger partial charge in [0, 0.05) is 35.8 Å². The normalized spacial score (nSPS) is 20.2. The Balaban J connectivity index is 1.40. The highest BCUT2D eigenvalue weighted by Crippen LogP contribution is 2.47. The van der Waals surface area contributed by atoms with E-state index < -0.39 is 23.4 Å². The summed E-state index contributed by atoms with van der Waals surface area (Å²) in [5.74, 6) is -0.967. The van der Waals surface area contributed by atoms with Crippen molar-refractivity contribution in [2.75, 3.05) is 25.0 Å². The van der Waals surface area contributed by atoms with Gasteiger partial charge in [0.15, 0.2) is 5.82 Å². The number of imide groups is 1. The molecule has 2 aliphatic heterocycles. The third-order valence-corrected chi connectivity index (χ3v) is 7.98. The lowest BCUT2D eigenvalue weighted by molar-refractivity contribution is -0.124. The maximum atomic E-state index is 14.3. The Morgan fingerprint density at radius 2 is 1.80 bits per heavy atom. The van der Waals surface area contributed by atoms with Gasteiger partial charge >= 0.3 is 6.03 Å². The van der Waals surface area contributed by atoms with Gasteiger partial charge in [0.2, 0.25) is 0 Å². The number of amides is 4. The van der Waals surface area contributed by atoms with Gasteiger partial charge in [-0.2, -0.15) is 10.4 Å². The molecule has 4 aromatic rings. The maximum Gasteiger partial charge on any atom is 0.332 e. The molecule has 204 valence electrons. The number of likely N-dealkylation sites (N-methyl/N-ethyl adjacent to an activating group) is 1. The highest BCUT2D eigenvalue weighted by atomic mass is 35.5. The van der Waals surface area contributed by atoms with Crippen LogP contribution in [0.15, 0.2) is 73.4 Å². The van der Waals surface area contributed by atoms with Crippen LogP contribution in [0.5, 0.6) is 0 Å². The molecule has 0 saturated carbocycles. The molecule has 2 aliphatic rings. The van der Waals surface area contributed by atoms with Gasteiger partial charge in [-0.1, -0.05) is 35.3 Å². The van der Waals surface area contributed by atoms with E-state index in [9.17, 15) is 19.6 Å². The molecule has 11 nitrogen and oxygen atoms in total. The first-order chi connectivity index (χ1) is 19.7. The zero-order valence-electron chi connectivity index (χ0n) is 21.5. The first kappa shape index (κ1) is 26.4. The first-order valence-electron chi connectivity index (χ1n) is 12.4. The van der Waals surface area contributed by atoms with E-state index in [4.69, 9.17) is 23.2 Å². The van der Waals surface area contributed by atoms with Gasteiger partial charge in [-0.15, -0.1) is 0 Å². The minimum Gasteiger partial charge on any atom is -0.335 e. The first-order valence-corrected chi connectivity index (χ1v) is 13.2. The number of likely N-dealkylation sites (tertiary alicyclic amines) is 1. The average Bonchev–Trinajstić information content (AvgIpc) is 3.69. The van der Waals surface area contributed by atoms with Crippen molar-refractivity contribution in [3.05, 3.63) is 100 Å². The fourth-order valence-electron chi connectivity index (χ4n) is 5.52. The van der Waals surface area contributed by atoms with Crippen molar-refractivity contribution in [1.29, 1.82) is 5.26 Å². The molecule has 4 heterocycles. The van der Waals surface area contributed by atoms with E-state index in [0.29, 0.717) is 22.5 Å². The summed E-state index contributed by atoms with van der Waals surface area (Å²) in [6.07, 6.45) is 4.31. The van der Waals surface area contributed by atoms with Crippen LogP contribution in [0.2, 0.25) is 10.0 Å². The highest BCUT2D eigenvalue weighted by molar-refractivity contribution is 6.36. The molecule has 2 atom stereocenters. The lowest BCUT2D eigenvalue weighted by Gasteiger charge is -2.33. The molecule has 0 radical (unpaired) electrons. The average molecular weight is 587 g/mol. The van der Waals surface area contributed by atoms with Crippen LogP contribution >= 0.6 is 23.2 Å². The lowest BCUT2D eigenvalue weighted by atomic mass is 9.80. The standard InChI is InChI=1S/C28H20Cl2N8O3/c1-35-27(41)38(22-9-20(29)8-21(30)10-22)26(40)28(35)14-36(13-23(28)18-4-2-17(11-31)3-5-18)25(39)19-6-7-24(33-12-19)37-16-32-15-34-37/h2-10,12,15-16,23H,13-14H2,1H3/t23-,28+/m0/s1. The molecule has 0 aliphatic carbocycles. The summed E-state index contributed by atoms with van der Waals surface area (Å²) in [5, 5.41) is 13.9. The van der Waals surface area contributed by atoms with Crippen LogP contribution < -0.4 is 4.90 Å². The van der Waals surface area contributed by atoms with Crippen molar-refractivity contribution in [3.8, 4) is 11.9 Å². The predicted octanol–water partition coefficient (Wildman–Crippen LogP) is 3.92. The van der Waals surface area contributed by atoms with Gasteiger partial charge in [0.05, 0.1) is 29.4 Å². The second kappa shape index (κ2) is 9.99. The number of anilines is 1. The monoisotopic (exact) mass is 586 g/mol. The summed E-state index contributed by atoms with van der Waals surface area (Å²) >= 11 is 12.4. The van der Waals surface area contributed by atoms with Gasteiger partial charge < -0.3 is 9.80 Å². The minimum absolute atomic E-state index is 0.0623. The summed E-state index contributed by atoms with van der Waals surface area (Å²) < 4.78 is 1.47. The van der Waals surface area contributed by atoms with E-state index in [1.165, 1.54) is 46.6 Å². The zero-order chi connectivity index (χ0) is 28.9. The molecule has 0 N–H and O–H groups in total. The van der Waals surface area contributed by atoms with E-state index in [-0.39, 0.29) is 34.7 Å². The number of hydrogen-bond donors (Lipinski definition) is 0. The smallest absolute Gasteiger partial charge is 0.332 e.